The van der Waals surface area contributed by atoms with E-state index in [9.17, 15) is 13.2 Å². The van der Waals surface area contributed by atoms with Crippen LogP contribution in [-0.4, -0.2) is 24.7 Å². The van der Waals surface area contributed by atoms with Gasteiger partial charge in [0.2, 0.25) is 5.91 Å². The molecule has 1 heterocycles. The van der Waals surface area contributed by atoms with Crippen molar-refractivity contribution in [1.29, 1.82) is 0 Å². The lowest BCUT2D eigenvalue weighted by Gasteiger charge is -2.30. The first-order valence-corrected chi connectivity index (χ1v) is 7.96. The summed E-state index contributed by atoms with van der Waals surface area (Å²) in [6, 6.07) is 2.92. The summed E-state index contributed by atoms with van der Waals surface area (Å²) in [5.74, 6) is 1.81. The van der Waals surface area contributed by atoms with Gasteiger partial charge in [-0.25, -0.2) is 8.42 Å². The molecule has 1 unspecified atom stereocenters. The second-order valence-electron chi connectivity index (χ2n) is 4.16. The van der Waals surface area contributed by atoms with Crippen LogP contribution in [0.4, 0.5) is 0 Å². The van der Waals surface area contributed by atoms with Gasteiger partial charge in [-0.3, -0.25) is 9.10 Å². The van der Waals surface area contributed by atoms with Crippen LogP contribution in [0.1, 0.15) is 6.42 Å². The van der Waals surface area contributed by atoms with E-state index in [1.54, 1.807) is 0 Å². The van der Waals surface area contributed by atoms with Crippen molar-refractivity contribution < 1.29 is 13.2 Å². The molecule has 5 nitrogen and oxygen atoms in total. The normalized spacial score (nSPS) is 18.2. The van der Waals surface area contributed by atoms with Gasteiger partial charge in [-0.15, -0.1) is 12.3 Å². The molecule has 0 fully saturated rings. The minimum atomic E-state index is -3.96. The molecule has 21 heavy (non-hydrogen) atoms. The van der Waals surface area contributed by atoms with E-state index in [1.165, 1.54) is 30.6 Å². The number of carbonyl (C=O) groups excluding carboxylic acids is 1. The van der Waals surface area contributed by atoms with Gasteiger partial charge < -0.3 is 5.32 Å². The van der Waals surface area contributed by atoms with E-state index in [4.69, 9.17) is 29.6 Å². The first-order chi connectivity index (χ1) is 9.87. The van der Waals surface area contributed by atoms with Crippen LogP contribution in [0, 0.1) is 12.3 Å². The Hall–Kier alpha value is -1.68. The second-order valence-corrected chi connectivity index (χ2v) is 6.82. The molecule has 0 saturated heterocycles. The highest BCUT2D eigenvalue weighted by atomic mass is 35.5. The lowest BCUT2D eigenvalue weighted by molar-refractivity contribution is -0.123. The summed E-state index contributed by atoms with van der Waals surface area (Å²) in [4.78, 5) is 11.7. The molecule has 0 spiro atoms. The van der Waals surface area contributed by atoms with Crippen LogP contribution >= 0.6 is 23.2 Å². The Morgan fingerprint density at radius 3 is 2.67 bits per heavy atom. The van der Waals surface area contributed by atoms with Gasteiger partial charge in [0, 0.05) is 18.8 Å². The van der Waals surface area contributed by atoms with Gasteiger partial charge in [0.05, 0.1) is 14.9 Å². The number of terminal acetylenes is 1. The zero-order valence-corrected chi connectivity index (χ0v) is 12.9. The number of nitrogens with one attached hydrogen (secondary N) is 1. The summed E-state index contributed by atoms with van der Waals surface area (Å²) >= 11 is 11.6. The van der Waals surface area contributed by atoms with Gasteiger partial charge >= 0.3 is 0 Å². The molecule has 1 N–H and O–H groups in total. The Morgan fingerprint density at radius 2 is 2.05 bits per heavy atom. The van der Waals surface area contributed by atoms with Crippen LogP contribution in [0.15, 0.2) is 35.5 Å². The van der Waals surface area contributed by atoms with Crippen molar-refractivity contribution in [2.75, 3.05) is 0 Å². The smallest absolute Gasteiger partial charge is 0.264 e. The molecule has 0 aromatic heterocycles. The molecule has 1 aromatic rings. The summed E-state index contributed by atoms with van der Waals surface area (Å²) in [7, 11) is -3.96. The number of sulfonamides is 1. The molecule has 8 heteroatoms. The van der Waals surface area contributed by atoms with E-state index in [0.717, 1.165) is 4.31 Å². The van der Waals surface area contributed by atoms with E-state index in [1.807, 2.05) is 0 Å². The van der Waals surface area contributed by atoms with Gasteiger partial charge in [0.25, 0.3) is 10.0 Å². The highest BCUT2D eigenvalue weighted by molar-refractivity contribution is 7.89. The van der Waals surface area contributed by atoms with Crippen LogP contribution in [0.2, 0.25) is 10.0 Å². The lowest BCUT2D eigenvalue weighted by Crippen LogP contribution is -2.48. The van der Waals surface area contributed by atoms with Crippen LogP contribution in [-0.2, 0) is 14.8 Å². The highest BCUT2D eigenvalue weighted by Gasteiger charge is 2.35. The number of hydrogen-bond acceptors (Lipinski definition) is 3. The summed E-state index contributed by atoms with van der Waals surface area (Å²) in [6.45, 7) is 0. The zero-order chi connectivity index (χ0) is 15.6. The third kappa shape index (κ3) is 3.00. The topological polar surface area (TPSA) is 66.5 Å². The molecule has 0 aliphatic carbocycles. The van der Waals surface area contributed by atoms with E-state index in [2.05, 4.69) is 11.2 Å². The molecule has 2 rings (SSSR count). The predicted molar refractivity (Wildman–Crippen MR) is 80.0 cm³/mol. The highest BCUT2D eigenvalue weighted by Crippen LogP contribution is 2.28. The predicted octanol–water partition coefficient (Wildman–Crippen LogP) is 1.98. The Morgan fingerprint density at radius 1 is 1.33 bits per heavy atom. The van der Waals surface area contributed by atoms with Gasteiger partial charge in [-0.1, -0.05) is 23.2 Å². The Balaban J connectivity index is 2.48. The molecule has 0 saturated carbocycles. The minimum absolute atomic E-state index is 0.0449. The maximum atomic E-state index is 12.6. The van der Waals surface area contributed by atoms with Gasteiger partial charge in [0.1, 0.15) is 6.04 Å². The zero-order valence-electron chi connectivity index (χ0n) is 10.6. The lowest BCUT2D eigenvalue weighted by atomic mass is 10.2. The van der Waals surface area contributed by atoms with Crippen molar-refractivity contribution in [1.82, 2.24) is 9.62 Å². The van der Waals surface area contributed by atoms with Gasteiger partial charge in [0.15, 0.2) is 0 Å². The third-order valence-electron chi connectivity index (χ3n) is 2.83. The fraction of sp³-hybridized carbons (Fsp3) is 0.154. The van der Waals surface area contributed by atoms with Gasteiger partial charge in [-0.2, -0.15) is 0 Å². The van der Waals surface area contributed by atoms with Crippen LogP contribution in [0.3, 0.4) is 0 Å². The molecule has 1 aliphatic rings. The quantitative estimate of drug-likeness (QED) is 0.852. The van der Waals surface area contributed by atoms with Crippen LogP contribution in [0.5, 0.6) is 0 Å². The fourth-order valence-electron chi connectivity index (χ4n) is 1.81. The van der Waals surface area contributed by atoms with Gasteiger partial charge in [-0.05, 0) is 18.2 Å². The summed E-state index contributed by atoms with van der Waals surface area (Å²) < 4.78 is 26.1. The number of carbonyl (C=O) groups is 1. The standard InChI is InChI=1S/C13H10Cl2N2O3S/c1-2-3-12-13(18)16-6-7-17(12)21(19,20)9-4-5-10(14)11(15)8-9/h1,4-8,12H,3H2,(H,16,18). The number of rotatable bonds is 3. The van der Waals surface area contributed by atoms with Crippen molar-refractivity contribution in [2.45, 2.75) is 17.4 Å². The van der Waals surface area contributed by atoms with E-state index in [-0.39, 0.29) is 21.4 Å². The molecule has 1 aromatic carbocycles. The summed E-state index contributed by atoms with van der Waals surface area (Å²) in [5.41, 5.74) is 0. The molecule has 110 valence electrons. The van der Waals surface area contributed by atoms with Crippen molar-refractivity contribution in [3.8, 4) is 12.3 Å². The minimum Gasteiger partial charge on any atom is -0.329 e. The second kappa shape index (κ2) is 5.98. The molecule has 1 amide bonds. The Labute approximate surface area is 132 Å². The maximum absolute atomic E-state index is 12.6. The monoisotopic (exact) mass is 344 g/mol. The molecule has 1 aliphatic heterocycles. The van der Waals surface area contributed by atoms with Crippen molar-refractivity contribution in [3.05, 3.63) is 40.6 Å². The summed E-state index contributed by atoms with van der Waals surface area (Å²) in [5, 5.41) is 2.77. The van der Waals surface area contributed by atoms with Crippen LogP contribution < -0.4 is 5.32 Å². The Kier molecular flexibility index (Phi) is 4.47. The van der Waals surface area contributed by atoms with E-state index >= 15 is 0 Å². The average molecular weight is 345 g/mol. The van der Waals surface area contributed by atoms with Crippen LogP contribution in [0.25, 0.3) is 0 Å². The van der Waals surface area contributed by atoms with Crippen molar-refractivity contribution in [3.63, 3.8) is 0 Å². The third-order valence-corrected chi connectivity index (χ3v) is 5.35. The van der Waals surface area contributed by atoms with E-state index < -0.39 is 22.0 Å². The molecule has 0 radical (unpaired) electrons. The average Bonchev–Trinajstić information content (AvgIpc) is 2.44. The fourth-order valence-corrected chi connectivity index (χ4v) is 3.65. The first-order valence-electron chi connectivity index (χ1n) is 5.77. The number of nitrogens with zero attached hydrogens (tertiary/aromatic N) is 1. The van der Waals surface area contributed by atoms with Crippen molar-refractivity contribution in [2.24, 2.45) is 0 Å². The van der Waals surface area contributed by atoms with E-state index in [0.29, 0.717) is 0 Å². The molecular formula is C13H10Cl2N2O3S. The molecule has 0 bridgehead atoms. The number of hydrogen-bond donors (Lipinski definition) is 1. The Bertz CT molecular complexity index is 753. The van der Waals surface area contributed by atoms with Crippen molar-refractivity contribution >= 4 is 39.1 Å². The molecule has 1 atom stereocenters. The maximum Gasteiger partial charge on any atom is 0.264 e. The largest absolute Gasteiger partial charge is 0.329 e. The SMILES string of the molecule is C#CCC1C(=O)NC=CN1S(=O)(=O)c1ccc(Cl)c(Cl)c1. The number of halogens is 2. The first kappa shape index (κ1) is 15.7. The summed E-state index contributed by atoms with van der Waals surface area (Å²) in [6.07, 6.45) is 7.64. The number of amides is 1. The molecular weight excluding hydrogens is 335 g/mol. The number of benzene rings is 1.